The van der Waals surface area contributed by atoms with Crippen LogP contribution < -0.4 is 16.8 Å². The lowest BCUT2D eigenvalue weighted by Gasteiger charge is -2.14. The Morgan fingerprint density at radius 1 is 1.14 bits per heavy atom. The topological polar surface area (TPSA) is 119 Å². The Kier molecular flexibility index (Phi) is 4.25. The molecule has 22 heavy (non-hydrogen) atoms. The minimum Gasteiger partial charge on any atom is -0.364 e. The van der Waals surface area contributed by atoms with E-state index < -0.39 is 16.8 Å². The molecular formula is C13H14N4O5. The molecule has 0 fully saturated rings. The van der Waals surface area contributed by atoms with Crippen molar-refractivity contribution in [1.82, 2.24) is 14.1 Å². The summed E-state index contributed by atoms with van der Waals surface area (Å²) in [6, 6.07) is 1.76. The highest BCUT2D eigenvalue weighted by atomic mass is 16.5. The normalized spacial score (nSPS) is 10.8. The number of rotatable bonds is 4. The molecular weight excluding hydrogens is 292 g/mol. The number of hydrogen-bond acceptors (Lipinski definition) is 6. The van der Waals surface area contributed by atoms with Crippen LogP contribution in [-0.4, -0.2) is 28.3 Å². The molecule has 2 aromatic heterocycles. The number of pyridine rings is 1. The van der Waals surface area contributed by atoms with Crippen LogP contribution >= 0.6 is 0 Å². The number of aryl methyl sites for hydroxylation is 1. The van der Waals surface area contributed by atoms with Crippen LogP contribution in [0.1, 0.15) is 11.1 Å². The second-order valence-corrected chi connectivity index (χ2v) is 4.57. The molecule has 0 unspecified atom stereocenters. The smallest absolute Gasteiger partial charge is 0.336 e. The van der Waals surface area contributed by atoms with Gasteiger partial charge in [-0.3, -0.25) is 14.2 Å². The summed E-state index contributed by atoms with van der Waals surface area (Å²) in [5, 5.41) is 9.13. The van der Waals surface area contributed by atoms with Crippen LogP contribution in [0.15, 0.2) is 14.4 Å². The fraction of sp³-hybridized carbons (Fsp3) is 0.385. The van der Waals surface area contributed by atoms with E-state index in [1.807, 2.05) is 0 Å². The zero-order chi connectivity index (χ0) is 16.4. The van der Waals surface area contributed by atoms with Crippen LogP contribution in [0.4, 0.5) is 0 Å². The average molecular weight is 306 g/mol. The summed E-state index contributed by atoms with van der Waals surface area (Å²) in [5.74, 6) is 0. The number of nitrogens with zero attached hydrogens (tertiary/aromatic N) is 3. The molecule has 1 N–H and O–H groups in total. The molecule has 2 heterocycles. The van der Waals surface area contributed by atoms with E-state index in [2.05, 4.69) is 4.98 Å². The van der Waals surface area contributed by atoms with E-state index in [0.29, 0.717) is 0 Å². The summed E-state index contributed by atoms with van der Waals surface area (Å²) in [7, 11) is 2.72. The fourth-order valence-electron chi connectivity index (χ4n) is 2.26. The van der Waals surface area contributed by atoms with Crippen molar-refractivity contribution in [3.8, 4) is 6.07 Å². The third kappa shape index (κ3) is 2.24. The Morgan fingerprint density at radius 3 is 2.27 bits per heavy atom. The molecule has 0 amide bonds. The molecule has 116 valence electrons. The molecule has 0 saturated carbocycles. The third-order valence-electron chi connectivity index (χ3n) is 3.26. The maximum Gasteiger partial charge on any atom is 0.336 e. The van der Waals surface area contributed by atoms with Crippen molar-refractivity contribution in [2.24, 2.45) is 0 Å². The van der Waals surface area contributed by atoms with Gasteiger partial charge in [-0.05, 0) is 12.5 Å². The lowest BCUT2D eigenvalue weighted by atomic mass is 10.1. The van der Waals surface area contributed by atoms with Gasteiger partial charge in [0.05, 0.1) is 5.39 Å². The second kappa shape index (κ2) is 5.97. The first-order valence-electron chi connectivity index (χ1n) is 6.26. The maximum absolute atomic E-state index is 12.5. The van der Waals surface area contributed by atoms with Gasteiger partial charge in [-0.15, -0.1) is 0 Å². The van der Waals surface area contributed by atoms with Crippen molar-refractivity contribution in [2.45, 2.75) is 20.4 Å². The number of nitrogens with one attached hydrogen (secondary N) is 1. The van der Waals surface area contributed by atoms with E-state index >= 15 is 0 Å². The Morgan fingerprint density at radius 2 is 1.73 bits per heavy atom. The first kappa shape index (κ1) is 15.7. The van der Waals surface area contributed by atoms with Crippen molar-refractivity contribution in [3.05, 3.63) is 42.3 Å². The van der Waals surface area contributed by atoms with Gasteiger partial charge < -0.3 is 14.5 Å². The molecule has 9 heteroatoms. The molecule has 0 saturated heterocycles. The van der Waals surface area contributed by atoms with Gasteiger partial charge in [-0.1, -0.05) is 0 Å². The monoisotopic (exact) mass is 306 g/mol. The highest BCUT2D eigenvalue weighted by molar-refractivity contribution is 5.79. The molecule has 2 aromatic rings. The minimum absolute atomic E-state index is 0.0192. The zero-order valence-corrected chi connectivity index (χ0v) is 12.3. The van der Waals surface area contributed by atoms with Crippen molar-refractivity contribution >= 4 is 11.0 Å². The Bertz CT molecular complexity index is 945. The van der Waals surface area contributed by atoms with Crippen molar-refractivity contribution < 1.29 is 9.47 Å². The molecule has 0 aliphatic rings. The van der Waals surface area contributed by atoms with Crippen molar-refractivity contribution in [3.63, 3.8) is 0 Å². The number of aromatic nitrogens is 3. The molecule has 0 aliphatic heterocycles. The minimum atomic E-state index is -0.680. The molecule has 2 rings (SSSR count). The van der Waals surface area contributed by atoms with Gasteiger partial charge >= 0.3 is 5.69 Å². The molecule has 9 nitrogen and oxygen atoms in total. The highest BCUT2D eigenvalue weighted by Gasteiger charge is 2.19. The summed E-state index contributed by atoms with van der Waals surface area (Å²) < 4.78 is 11.8. The van der Waals surface area contributed by atoms with E-state index in [1.54, 1.807) is 6.07 Å². The van der Waals surface area contributed by atoms with Crippen LogP contribution in [-0.2, 0) is 22.9 Å². The number of methoxy groups -OCH3 is 2. The predicted octanol–water partition coefficient (Wildman–Crippen LogP) is -0.761. The number of nitriles is 1. The summed E-state index contributed by atoms with van der Waals surface area (Å²) in [4.78, 5) is 39.1. The quantitative estimate of drug-likeness (QED) is 0.793. The molecule has 0 spiro atoms. The van der Waals surface area contributed by atoms with Crippen LogP contribution in [0.3, 0.4) is 0 Å². The van der Waals surface area contributed by atoms with E-state index in [9.17, 15) is 14.4 Å². The Balaban J connectivity index is 3.12. The SMILES string of the molecule is COCn1c(=O)c2c(C)c(C#N)c(=O)[nH]c2n(COC)c1=O. The largest absolute Gasteiger partial charge is 0.364 e. The van der Waals surface area contributed by atoms with Crippen LogP contribution in [0.2, 0.25) is 0 Å². The zero-order valence-electron chi connectivity index (χ0n) is 12.3. The molecule has 0 aliphatic carbocycles. The molecule has 0 radical (unpaired) electrons. The van der Waals surface area contributed by atoms with Gasteiger partial charge in [0.2, 0.25) is 0 Å². The van der Waals surface area contributed by atoms with Gasteiger partial charge in [-0.25, -0.2) is 9.36 Å². The van der Waals surface area contributed by atoms with Gasteiger partial charge in [0.25, 0.3) is 11.1 Å². The fourth-order valence-corrected chi connectivity index (χ4v) is 2.26. The predicted molar refractivity (Wildman–Crippen MR) is 76.6 cm³/mol. The average Bonchev–Trinajstić information content (AvgIpc) is 2.47. The van der Waals surface area contributed by atoms with Crippen molar-refractivity contribution in [1.29, 1.82) is 5.26 Å². The van der Waals surface area contributed by atoms with Crippen LogP contribution in [0.25, 0.3) is 11.0 Å². The standard InChI is InChI=1S/C13H14N4O5/c1-7-8(4-14)11(18)15-10-9(7)12(19)17(6-22-3)13(20)16(10)5-21-2/h5-6H2,1-3H3,(H,15,18). The Hall–Kier alpha value is -2.70. The van der Waals surface area contributed by atoms with Gasteiger partial charge in [0.1, 0.15) is 30.7 Å². The maximum atomic E-state index is 12.5. The first-order valence-corrected chi connectivity index (χ1v) is 6.26. The number of fused-ring (bicyclic) bond motifs is 1. The number of aromatic amines is 1. The molecule has 0 atom stereocenters. The number of ether oxygens (including phenoxy) is 2. The van der Waals surface area contributed by atoms with Crippen LogP contribution in [0, 0.1) is 18.3 Å². The number of H-pyrrole nitrogens is 1. The highest BCUT2D eigenvalue weighted by Crippen LogP contribution is 2.12. The van der Waals surface area contributed by atoms with Crippen molar-refractivity contribution in [2.75, 3.05) is 14.2 Å². The Labute approximate surface area is 123 Å². The summed E-state index contributed by atoms with van der Waals surface area (Å²) in [5.41, 5.74) is -1.93. The summed E-state index contributed by atoms with van der Waals surface area (Å²) in [6.45, 7) is 1.06. The van der Waals surface area contributed by atoms with E-state index in [-0.39, 0.29) is 35.6 Å². The summed E-state index contributed by atoms with van der Waals surface area (Å²) >= 11 is 0. The van der Waals surface area contributed by atoms with Crippen LogP contribution in [0.5, 0.6) is 0 Å². The lowest BCUT2D eigenvalue weighted by molar-refractivity contribution is 0.108. The lowest BCUT2D eigenvalue weighted by Crippen LogP contribution is -2.42. The third-order valence-corrected chi connectivity index (χ3v) is 3.26. The number of hydrogen-bond donors (Lipinski definition) is 1. The molecule has 0 bridgehead atoms. The van der Waals surface area contributed by atoms with Gasteiger partial charge in [0.15, 0.2) is 0 Å². The van der Waals surface area contributed by atoms with Gasteiger partial charge in [0, 0.05) is 14.2 Å². The molecule has 0 aromatic carbocycles. The first-order chi connectivity index (χ1) is 10.5. The van der Waals surface area contributed by atoms with E-state index in [1.165, 1.54) is 21.1 Å². The summed E-state index contributed by atoms with van der Waals surface area (Å²) in [6.07, 6.45) is 0. The van der Waals surface area contributed by atoms with E-state index in [4.69, 9.17) is 14.7 Å². The van der Waals surface area contributed by atoms with E-state index in [0.717, 1.165) is 9.13 Å². The van der Waals surface area contributed by atoms with Gasteiger partial charge in [-0.2, -0.15) is 5.26 Å². The second-order valence-electron chi connectivity index (χ2n) is 4.57.